The summed E-state index contributed by atoms with van der Waals surface area (Å²) in [6.07, 6.45) is 3.58. The van der Waals surface area contributed by atoms with Crippen LogP contribution in [0.5, 0.6) is 6.01 Å². The van der Waals surface area contributed by atoms with Crippen LogP contribution in [0.2, 0.25) is 0 Å². The van der Waals surface area contributed by atoms with Crippen molar-refractivity contribution in [1.82, 2.24) is 14.9 Å². The molecule has 7 nitrogen and oxygen atoms in total. The van der Waals surface area contributed by atoms with E-state index < -0.39 is 0 Å². The summed E-state index contributed by atoms with van der Waals surface area (Å²) in [5.74, 6) is 0.427. The molecule has 104 valence electrons. The largest absolute Gasteiger partial charge is 0.467 e. The molecule has 7 heteroatoms. The van der Waals surface area contributed by atoms with Gasteiger partial charge in [0.15, 0.2) is 0 Å². The predicted octanol–water partition coefficient (Wildman–Crippen LogP) is 1.13. The van der Waals surface area contributed by atoms with Gasteiger partial charge in [-0.3, -0.25) is 5.32 Å². The molecule has 19 heavy (non-hydrogen) atoms. The van der Waals surface area contributed by atoms with E-state index in [1.165, 1.54) is 13.3 Å². The number of nitrogens with zero attached hydrogens (tertiary/aromatic N) is 3. The number of aromatic nitrogens is 2. The van der Waals surface area contributed by atoms with Crippen LogP contribution in [-0.2, 0) is 4.74 Å². The number of urea groups is 1. The predicted molar refractivity (Wildman–Crippen MR) is 69.2 cm³/mol. The number of hydrogen-bond donors (Lipinski definition) is 1. The highest BCUT2D eigenvalue weighted by atomic mass is 16.5. The number of ether oxygens (including phenoxy) is 2. The van der Waals surface area contributed by atoms with Crippen LogP contribution in [0, 0.1) is 0 Å². The third kappa shape index (κ3) is 3.54. The fourth-order valence-corrected chi connectivity index (χ4v) is 2.01. The first kappa shape index (κ1) is 13.5. The number of carbonyl (C=O) groups is 1. The molecular weight excluding hydrogens is 248 g/mol. The number of carbonyl (C=O) groups excluding carboxylic acids is 1. The van der Waals surface area contributed by atoms with Gasteiger partial charge in [0.05, 0.1) is 13.2 Å². The molecule has 0 saturated carbocycles. The Labute approximate surface area is 111 Å². The number of rotatable bonds is 3. The smallest absolute Gasteiger partial charge is 0.323 e. The van der Waals surface area contributed by atoms with E-state index in [2.05, 4.69) is 15.3 Å². The molecule has 1 aliphatic rings. The monoisotopic (exact) mass is 266 g/mol. The van der Waals surface area contributed by atoms with Crippen LogP contribution in [0.15, 0.2) is 12.3 Å². The van der Waals surface area contributed by atoms with Crippen LogP contribution in [0.25, 0.3) is 0 Å². The molecule has 0 aromatic carbocycles. The Morgan fingerprint density at radius 2 is 2.37 bits per heavy atom. The molecule has 2 amide bonds. The molecular formula is C12H18N4O3. The molecule has 0 spiro atoms. The van der Waals surface area contributed by atoms with E-state index >= 15 is 0 Å². The summed E-state index contributed by atoms with van der Waals surface area (Å²) < 4.78 is 10.2. The normalized spacial score (nSPS) is 19.1. The van der Waals surface area contributed by atoms with Gasteiger partial charge in [-0.25, -0.2) is 9.78 Å². The van der Waals surface area contributed by atoms with E-state index in [9.17, 15) is 4.79 Å². The second kappa shape index (κ2) is 6.33. The summed E-state index contributed by atoms with van der Waals surface area (Å²) in [5, 5.41) is 2.73. The van der Waals surface area contributed by atoms with Crippen LogP contribution in [0.3, 0.4) is 0 Å². The van der Waals surface area contributed by atoms with E-state index in [1.807, 2.05) is 0 Å². The second-order valence-electron chi connectivity index (χ2n) is 4.30. The Kier molecular flexibility index (Phi) is 4.51. The van der Waals surface area contributed by atoms with Gasteiger partial charge in [0.2, 0.25) is 0 Å². The van der Waals surface area contributed by atoms with Crippen molar-refractivity contribution < 1.29 is 14.3 Å². The van der Waals surface area contributed by atoms with E-state index in [0.29, 0.717) is 12.4 Å². The Morgan fingerprint density at radius 3 is 3.11 bits per heavy atom. The van der Waals surface area contributed by atoms with Crippen LogP contribution >= 0.6 is 0 Å². The van der Waals surface area contributed by atoms with Gasteiger partial charge in [0.1, 0.15) is 5.82 Å². The van der Waals surface area contributed by atoms with Crippen molar-refractivity contribution in [1.29, 1.82) is 0 Å². The fraction of sp³-hybridized carbons (Fsp3) is 0.583. The quantitative estimate of drug-likeness (QED) is 0.887. The lowest BCUT2D eigenvalue weighted by Crippen LogP contribution is -2.45. The van der Waals surface area contributed by atoms with Crippen molar-refractivity contribution in [2.75, 3.05) is 32.6 Å². The lowest BCUT2D eigenvalue weighted by Gasteiger charge is -2.31. The van der Waals surface area contributed by atoms with Gasteiger partial charge in [0, 0.05) is 26.4 Å². The minimum Gasteiger partial charge on any atom is -0.467 e. The highest BCUT2D eigenvalue weighted by Crippen LogP contribution is 2.14. The Balaban J connectivity index is 1.96. The van der Waals surface area contributed by atoms with Crippen molar-refractivity contribution in [2.45, 2.75) is 18.9 Å². The Bertz CT molecular complexity index is 441. The molecule has 0 aliphatic carbocycles. The van der Waals surface area contributed by atoms with Crippen molar-refractivity contribution in [2.24, 2.45) is 0 Å². The fourth-order valence-electron chi connectivity index (χ4n) is 2.01. The van der Waals surface area contributed by atoms with E-state index in [-0.39, 0.29) is 18.1 Å². The summed E-state index contributed by atoms with van der Waals surface area (Å²) >= 11 is 0. The summed E-state index contributed by atoms with van der Waals surface area (Å²) in [5.41, 5.74) is 0. The van der Waals surface area contributed by atoms with Gasteiger partial charge >= 0.3 is 12.0 Å². The lowest BCUT2D eigenvalue weighted by atomic mass is 10.1. The van der Waals surface area contributed by atoms with E-state index in [4.69, 9.17) is 9.47 Å². The molecule has 1 fully saturated rings. The van der Waals surface area contributed by atoms with Crippen LogP contribution in [0.1, 0.15) is 12.8 Å². The average molecular weight is 266 g/mol. The molecule has 1 saturated heterocycles. The van der Waals surface area contributed by atoms with Gasteiger partial charge in [0.25, 0.3) is 0 Å². The van der Waals surface area contributed by atoms with Crippen LogP contribution in [-0.4, -0.2) is 54.3 Å². The SMILES string of the molecule is COc1nccc(NC(=O)N2CCC[C@H](OC)C2)n1. The van der Waals surface area contributed by atoms with Gasteiger partial charge in [-0.15, -0.1) is 0 Å². The van der Waals surface area contributed by atoms with Crippen LogP contribution < -0.4 is 10.1 Å². The summed E-state index contributed by atoms with van der Waals surface area (Å²) in [6.45, 7) is 1.33. The average Bonchev–Trinajstić information content (AvgIpc) is 2.47. The van der Waals surface area contributed by atoms with Crippen molar-refractivity contribution in [3.8, 4) is 6.01 Å². The van der Waals surface area contributed by atoms with Crippen molar-refractivity contribution >= 4 is 11.8 Å². The maximum atomic E-state index is 12.1. The zero-order valence-electron chi connectivity index (χ0n) is 11.1. The number of anilines is 1. The van der Waals surface area contributed by atoms with Gasteiger partial charge in [-0.05, 0) is 18.9 Å². The first-order valence-electron chi connectivity index (χ1n) is 6.18. The summed E-state index contributed by atoms with van der Waals surface area (Å²) in [4.78, 5) is 21.7. The maximum absolute atomic E-state index is 12.1. The number of likely N-dealkylation sites (tertiary alicyclic amines) is 1. The maximum Gasteiger partial charge on any atom is 0.323 e. The first-order valence-corrected chi connectivity index (χ1v) is 6.18. The number of hydrogen-bond acceptors (Lipinski definition) is 5. The molecule has 1 aliphatic heterocycles. The Hall–Kier alpha value is -1.89. The van der Waals surface area contributed by atoms with E-state index in [0.717, 1.165) is 19.4 Å². The second-order valence-corrected chi connectivity index (χ2v) is 4.30. The third-order valence-electron chi connectivity index (χ3n) is 3.05. The topological polar surface area (TPSA) is 76.6 Å². The van der Waals surface area contributed by atoms with Gasteiger partial charge < -0.3 is 14.4 Å². The molecule has 2 heterocycles. The molecule has 1 N–H and O–H groups in total. The van der Waals surface area contributed by atoms with Gasteiger partial charge in [-0.2, -0.15) is 4.98 Å². The minimum atomic E-state index is -0.178. The summed E-state index contributed by atoms with van der Waals surface area (Å²) in [6, 6.07) is 1.67. The molecule has 1 atom stereocenters. The molecule has 0 radical (unpaired) electrons. The first-order chi connectivity index (χ1) is 9.22. The molecule has 1 aromatic heterocycles. The number of nitrogens with one attached hydrogen (secondary N) is 1. The van der Waals surface area contributed by atoms with E-state index in [1.54, 1.807) is 18.1 Å². The van der Waals surface area contributed by atoms with Crippen LogP contribution in [0.4, 0.5) is 10.6 Å². The zero-order valence-corrected chi connectivity index (χ0v) is 11.1. The van der Waals surface area contributed by atoms with Crippen molar-refractivity contribution in [3.05, 3.63) is 12.3 Å². The zero-order chi connectivity index (χ0) is 13.7. The molecule has 1 aromatic rings. The summed E-state index contributed by atoms with van der Waals surface area (Å²) in [7, 11) is 3.15. The Morgan fingerprint density at radius 1 is 1.53 bits per heavy atom. The minimum absolute atomic E-state index is 0.111. The molecule has 0 unspecified atom stereocenters. The molecule has 0 bridgehead atoms. The highest BCUT2D eigenvalue weighted by molar-refractivity contribution is 5.88. The van der Waals surface area contributed by atoms with Crippen molar-refractivity contribution in [3.63, 3.8) is 0 Å². The van der Waals surface area contributed by atoms with Gasteiger partial charge in [-0.1, -0.05) is 0 Å². The number of methoxy groups -OCH3 is 2. The lowest BCUT2D eigenvalue weighted by molar-refractivity contribution is 0.0458. The standard InChI is InChI=1S/C12H18N4O3/c1-18-9-4-3-7-16(8-9)12(17)15-10-5-6-13-11(14-10)19-2/h5-6,9H,3-4,7-8H2,1-2H3,(H,13,14,15,17)/t9-/m0/s1. The highest BCUT2D eigenvalue weighted by Gasteiger charge is 2.23. The molecule has 2 rings (SSSR count). The number of amides is 2. The number of piperidine rings is 1. The third-order valence-corrected chi connectivity index (χ3v) is 3.05.